The Hall–Kier alpha value is -2.03. The van der Waals surface area contributed by atoms with Gasteiger partial charge in [-0.05, 0) is 19.1 Å². The van der Waals surface area contributed by atoms with Crippen molar-refractivity contribution in [2.24, 2.45) is 0 Å². The molecule has 1 aliphatic heterocycles. The average molecular weight is 389 g/mol. The minimum absolute atomic E-state index is 0.0550. The van der Waals surface area contributed by atoms with E-state index in [1.54, 1.807) is 11.3 Å². The van der Waals surface area contributed by atoms with Crippen LogP contribution in [0.4, 0.5) is 5.13 Å². The maximum absolute atomic E-state index is 12.5. The lowest BCUT2D eigenvalue weighted by Gasteiger charge is -2.25. The van der Waals surface area contributed by atoms with Crippen LogP contribution in [0.2, 0.25) is 0 Å². The van der Waals surface area contributed by atoms with E-state index in [0.29, 0.717) is 24.6 Å². The Balaban J connectivity index is 1.36. The molecule has 1 amide bonds. The molecule has 6 nitrogen and oxygen atoms in total. The molecule has 1 aliphatic rings. The van der Waals surface area contributed by atoms with E-state index in [4.69, 9.17) is 4.74 Å². The predicted octanol–water partition coefficient (Wildman–Crippen LogP) is 2.87. The summed E-state index contributed by atoms with van der Waals surface area (Å²) in [6, 6.07) is 8.10. The van der Waals surface area contributed by atoms with Crippen LogP contribution in [-0.2, 0) is 11.2 Å². The zero-order valence-corrected chi connectivity index (χ0v) is 16.2. The Morgan fingerprint density at radius 1 is 1.23 bits per heavy atom. The summed E-state index contributed by atoms with van der Waals surface area (Å²) >= 11 is 3.14. The minimum Gasteiger partial charge on any atom is -0.378 e. The van der Waals surface area contributed by atoms with Gasteiger partial charge in [-0.1, -0.05) is 23.5 Å². The Labute approximate surface area is 159 Å². The molecule has 4 rings (SSSR count). The molecule has 0 saturated carbocycles. The molecule has 3 heterocycles. The quantitative estimate of drug-likeness (QED) is 0.728. The zero-order valence-electron chi connectivity index (χ0n) is 14.5. The van der Waals surface area contributed by atoms with E-state index in [0.717, 1.165) is 40.9 Å². The van der Waals surface area contributed by atoms with Crippen LogP contribution in [0, 0.1) is 6.92 Å². The normalized spacial score (nSPS) is 14.7. The number of carbonyl (C=O) groups excluding carboxylic acids is 1. The van der Waals surface area contributed by atoms with Gasteiger partial charge in [-0.3, -0.25) is 4.79 Å². The lowest BCUT2D eigenvalue weighted by atomic mass is 10.3. The third kappa shape index (κ3) is 3.72. The summed E-state index contributed by atoms with van der Waals surface area (Å²) in [5.74, 6) is -0.0550. The minimum atomic E-state index is -0.0550. The highest BCUT2D eigenvalue weighted by Crippen LogP contribution is 2.27. The Morgan fingerprint density at radius 3 is 2.85 bits per heavy atom. The number of benzene rings is 1. The molecule has 3 aromatic rings. The number of nitrogens with one attached hydrogen (secondary N) is 1. The number of hydrogen-bond acceptors (Lipinski definition) is 7. The van der Waals surface area contributed by atoms with Crippen LogP contribution >= 0.6 is 22.7 Å². The second kappa shape index (κ2) is 7.69. The van der Waals surface area contributed by atoms with Gasteiger partial charge in [-0.2, -0.15) is 0 Å². The fourth-order valence-electron chi connectivity index (χ4n) is 2.87. The smallest absolute Gasteiger partial charge is 0.263 e. The lowest BCUT2D eigenvalue weighted by molar-refractivity contribution is 0.0957. The first kappa shape index (κ1) is 17.4. The van der Waals surface area contributed by atoms with E-state index in [9.17, 15) is 4.79 Å². The van der Waals surface area contributed by atoms with Crippen LogP contribution in [0.25, 0.3) is 10.2 Å². The Bertz CT molecular complexity index is 882. The number of rotatable bonds is 5. The van der Waals surface area contributed by atoms with Crippen molar-refractivity contribution in [3.63, 3.8) is 0 Å². The molecule has 1 saturated heterocycles. The highest BCUT2D eigenvalue weighted by atomic mass is 32.1. The van der Waals surface area contributed by atoms with E-state index in [1.165, 1.54) is 16.0 Å². The van der Waals surface area contributed by atoms with Crippen LogP contribution in [0.15, 0.2) is 24.3 Å². The van der Waals surface area contributed by atoms with Crippen molar-refractivity contribution in [2.75, 3.05) is 37.7 Å². The van der Waals surface area contributed by atoms with Gasteiger partial charge in [-0.15, -0.1) is 11.3 Å². The second-order valence-electron chi connectivity index (χ2n) is 6.09. The van der Waals surface area contributed by atoms with E-state index in [1.807, 2.05) is 25.1 Å². The maximum atomic E-state index is 12.5. The number of para-hydroxylation sites is 1. The number of ether oxygens (including phenoxy) is 1. The molecule has 0 spiro atoms. The summed E-state index contributed by atoms with van der Waals surface area (Å²) in [5.41, 5.74) is 1.81. The first-order valence-electron chi connectivity index (χ1n) is 8.63. The van der Waals surface area contributed by atoms with Crippen molar-refractivity contribution in [2.45, 2.75) is 13.3 Å². The summed E-state index contributed by atoms with van der Waals surface area (Å²) in [7, 11) is 0. The standard InChI is InChI=1S/C18H20N4O2S2/c1-12-16(26-18(20-12)22-8-10-24-11-9-22)17(23)19-7-6-15-21-13-4-2-3-5-14(13)25-15/h2-5H,6-11H2,1H3,(H,19,23). The van der Waals surface area contributed by atoms with Crippen molar-refractivity contribution in [3.05, 3.63) is 39.8 Å². The number of morpholine rings is 1. The van der Waals surface area contributed by atoms with Gasteiger partial charge in [0, 0.05) is 26.1 Å². The van der Waals surface area contributed by atoms with Crippen LogP contribution in [0.5, 0.6) is 0 Å². The third-order valence-electron chi connectivity index (χ3n) is 4.24. The van der Waals surface area contributed by atoms with Crippen LogP contribution < -0.4 is 10.2 Å². The molecule has 0 atom stereocenters. The van der Waals surface area contributed by atoms with Gasteiger partial charge in [0.05, 0.1) is 34.1 Å². The highest BCUT2D eigenvalue weighted by Gasteiger charge is 2.20. The fourth-order valence-corrected chi connectivity index (χ4v) is 4.87. The van der Waals surface area contributed by atoms with Crippen molar-refractivity contribution in [3.8, 4) is 0 Å². The number of aromatic nitrogens is 2. The number of carbonyl (C=O) groups is 1. The van der Waals surface area contributed by atoms with Crippen molar-refractivity contribution in [1.82, 2.24) is 15.3 Å². The number of aryl methyl sites for hydroxylation is 1. The number of thiazole rings is 2. The Morgan fingerprint density at radius 2 is 2.04 bits per heavy atom. The lowest BCUT2D eigenvalue weighted by Crippen LogP contribution is -2.36. The highest BCUT2D eigenvalue weighted by molar-refractivity contribution is 7.18. The summed E-state index contributed by atoms with van der Waals surface area (Å²) in [6.45, 7) is 5.54. The summed E-state index contributed by atoms with van der Waals surface area (Å²) in [4.78, 5) is 24.6. The molecule has 1 fully saturated rings. The molecule has 8 heteroatoms. The average Bonchev–Trinajstić information content (AvgIpc) is 3.25. The van der Waals surface area contributed by atoms with Gasteiger partial charge in [0.25, 0.3) is 5.91 Å². The number of amides is 1. The van der Waals surface area contributed by atoms with Gasteiger partial charge in [0.15, 0.2) is 5.13 Å². The number of fused-ring (bicyclic) bond motifs is 1. The van der Waals surface area contributed by atoms with Gasteiger partial charge in [0.1, 0.15) is 4.88 Å². The number of anilines is 1. The van der Waals surface area contributed by atoms with Gasteiger partial charge < -0.3 is 15.0 Å². The van der Waals surface area contributed by atoms with E-state index in [2.05, 4.69) is 26.3 Å². The molecule has 0 bridgehead atoms. The van der Waals surface area contributed by atoms with Crippen molar-refractivity contribution in [1.29, 1.82) is 0 Å². The molecule has 0 unspecified atom stereocenters. The molecular formula is C18H20N4O2S2. The van der Waals surface area contributed by atoms with Crippen LogP contribution in [-0.4, -0.2) is 48.7 Å². The van der Waals surface area contributed by atoms with Gasteiger partial charge in [-0.25, -0.2) is 9.97 Å². The molecule has 1 N–H and O–H groups in total. The number of hydrogen-bond donors (Lipinski definition) is 1. The predicted molar refractivity (Wildman–Crippen MR) is 106 cm³/mol. The van der Waals surface area contributed by atoms with Crippen molar-refractivity contribution < 1.29 is 9.53 Å². The SMILES string of the molecule is Cc1nc(N2CCOCC2)sc1C(=O)NCCc1nc2ccccc2s1. The Kier molecular flexibility index (Phi) is 5.14. The maximum Gasteiger partial charge on any atom is 0.263 e. The third-order valence-corrected chi connectivity index (χ3v) is 6.55. The first-order chi connectivity index (χ1) is 12.7. The zero-order chi connectivity index (χ0) is 17.9. The van der Waals surface area contributed by atoms with Crippen molar-refractivity contribution >= 4 is 43.9 Å². The molecule has 2 aromatic heterocycles. The van der Waals surface area contributed by atoms with E-state index in [-0.39, 0.29) is 5.91 Å². The van der Waals surface area contributed by atoms with Crippen LogP contribution in [0.1, 0.15) is 20.4 Å². The summed E-state index contributed by atoms with van der Waals surface area (Å²) in [5, 5.41) is 4.95. The first-order valence-corrected chi connectivity index (χ1v) is 10.3. The van der Waals surface area contributed by atoms with Crippen LogP contribution in [0.3, 0.4) is 0 Å². The van der Waals surface area contributed by atoms with E-state index < -0.39 is 0 Å². The summed E-state index contributed by atoms with van der Waals surface area (Å²) in [6.07, 6.45) is 0.735. The topological polar surface area (TPSA) is 67.4 Å². The molecule has 0 aliphatic carbocycles. The van der Waals surface area contributed by atoms with Gasteiger partial charge in [0.2, 0.25) is 0 Å². The van der Waals surface area contributed by atoms with E-state index >= 15 is 0 Å². The molecule has 26 heavy (non-hydrogen) atoms. The molecule has 1 aromatic carbocycles. The molecule has 136 valence electrons. The summed E-state index contributed by atoms with van der Waals surface area (Å²) < 4.78 is 6.56. The molecular weight excluding hydrogens is 368 g/mol. The second-order valence-corrected chi connectivity index (χ2v) is 8.18. The largest absolute Gasteiger partial charge is 0.378 e. The fraction of sp³-hybridized carbons (Fsp3) is 0.389. The number of nitrogens with zero attached hydrogens (tertiary/aromatic N) is 3. The molecule has 0 radical (unpaired) electrons. The monoisotopic (exact) mass is 388 g/mol. The van der Waals surface area contributed by atoms with Gasteiger partial charge >= 0.3 is 0 Å².